The molecule has 0 saturated heterocycles. The summed E-state index contributed by atoms with van der Waals surface area (Å²) in [5.41, 5.74) is 1.15. The average Bonchev–Trinajstić information content (AvgIpc) is 2.58. The van der Waals surface area contributed by atoms with Gasteiger partial charge in [-0.1, -0.05) is 35.9 Å². The van der Waals surface area contributed by atoms with Crippen LogP contribution in [-0.4, -0.2) is 17.2 Å². The zero-order valence-electron chi connectivity index (χ0n) is 13.4. The van der Waals surface area contributed by atoms with Gasteiger partial charge in [-0.3, -0.25) is 9.59 Å². The molecular weight excluding hydrogens is 344 g/mol. The Morgan fingerprint density at radius 1 is 1.24 bits per heavy atom. The normalized spacial score (nSPS) is 10.8. The first-order chi connectivity index (χ1) is 11.8. The zero-order chi connectivity index (χ0) is 18.3. The van der Waals surface area contributed by atoms with Gasteiger partial charge < -0.3 is 9.52 Å². The first-order valence-electron chi connectivity index (χ1n) is 7.40. The second-order valence-corrected chi connectivity index (χ2v) is 6.05. The van der Waals surface area contributed by atoms with E-state index < -0.39 is 11.4 Å². The molecule has 0 bridgehead atoms. The second-order valence-electron chi connectivity index (χ2n) is 5.64. The Morgan fingerprint density at radius 3 is 2.44 bits per heavy atom. The molecule has 2 aromatic carbocycles. The number of ketones is 1. The standard InChI is InChI=1S/C19H13ClO5/c1-9-13-7-15(20)17(23)14(8-21)18(13)25-19(24)16(9)12-5-3-11(4-6-12)10(2)22/h3-8,23H,1-2H3. The summed E-state index contributed by atoms with van der Waals surface area (Å²) in [6.45, 7) is 3.16. The van der Waals surface area contributed by atoms with Crippen LogP contribution in [0.5, 0.6) is 5.75 Å². The van der Waals surface area contributed by atoms with E-state index in [9.17, 15) is 19.5 Å². The lowest BCUT2D eigenvalue weighted by Gasteiger charge is -2.11. The van der Waals surface area contributed by atoms with Crippen molar-refractivity contribution in [2.45, 2.75) is 13.8 Å². The van der Waals surface area contributed by atoms with E-state index >= 15 is 0 Å². The number of aryl methyl sites for hydroxylation is 1. The Labute approximate surface area is 147 Å². The first kappa shape index (κ1) is 16.9. The quantitative estimate of drug-likeness (QED) is 0.433. The van der Waals surface area contributed by atoms with Gasteiger partial charge in [-0.25, -0.2) is 4.79 Å². The van der Waals surface area contributed by atoms with Gasteiger partial charge in [-0.05, 0) is 31.0 Å². The Bertz CT molecular complexity index is 1080. The molecule has 1 aromatic heterocycles. The van der Waals surface area contributed by atoms with Crippen molar-refractivity contribution in [2.24, 2.45) is 0 Å². The van der Waals surface area contributed by atoms with Gasteiger partial charge in [0.2, 0.25) is 0 Å². The van der Waals surface area contributed by atoms with Gasteiger partial charge >= 0.3 is 5.63 Å². The van der Waals surface area contributed by atoms with Gasteiger partial charge in [0.1, 0.15) is 11.3 Å². The molecule has 0 atom stereocenters. The lowest BCUT2D eigenvalue weighted by Crippen LogP contribution is -2.07. The number of phenols is 1. The fourth-order valence-corrected chi connectivity index (χ4v) is 2.99. The third-order valence-electron chi connectivity index (χ3n) is 4.12. The smallest absolute Gasteiger partial charge is 0.344 e. The van der Waals surface area contributed by atoms with E-state index in [2.05, 4.69) is 0 Å². The number of Topliss-reactive ketones (excluding diaryl/α,β-unsaturated/α-hetero) is 1. The van der Waals surface area contributed by atoms with E-state index in [4.69, 9.17) is 16.0 Å². The minimum Gasteiger partial charge on any atom is -0.505 e. The van der Waals surface area contributed by atoms with Gasteiger partial charge in [0.05, 0.1) is 10.6 Å². The highest BCUT2D eigenvalue weighted by Gasteiger charge is 2.19. The molecule has 0 radical (unpaired) electrons. The lowest BCUT2D eigenvalue weighted by molar-refractivity contribution is 0.101. The van der Waals surface area contributed by atoms with Crippen LogP contribution in [0.4, 0.5) is 0 Å². The minimum atomic E-state index is -0.648. The molecule has 0 spiro atoms. The van der Waals surface area contributed by atoms with Gasteiger partial charge in [-0.2, -0.15) is 0 Å². The second kappa shape index (κ2) is 6.18. The summed E-state index contributed by atoms with van der Waals surface area (Å²) in [7, 11) is 0. The highest BCUT2D eigenvalue weighted by Crippen LogP contribution is 2.36. The summed E-state index contributed by atoms with van der Waals surface area (Å²) in [4.78, 5) is 35.1. The maximum absolute atomic E-state index is 12.5. The number of rotatable bonds is 3. The Kier molecular flexibility index (Phi) is 4.18. The Hall–Kier alpha value is -2.92. The van der Waals surface area contributed by atoms with Crippen molar-refractivity contribution in [3.05, 3.63) is 62.5 Å². The molecule has 0 fully saturated rings. The number of carbonyl (C=O) groups is 2. The maximum atomic E-state index is 12.5. The van der Waals surface area contributed by atoms with Crippen LogP contribution in [0.2, 0.25) is 5.02 Å². The first-order valence-corrected chi connectivity index (χ1v) is 7.78. The van der Waals surface area contributed by atoms with Crippen molar-refractivity contribution in [2.75, 3.05) is 0 Å². The molecule has 0 saturated carbocycles. The van der Waals surface area contributed by atoms with E-state index in [0.29, 0.717) is 33.9 Å². The van der Waals surface area contributed by atoms with E-state index in [1.165, 1.54) is 13.0 Å². The van der Waals surface area contributed by atoms with Crippen LogP contribution in [0.15, 0.2) is 39.5 Å². The van der Waals surface area contributed by atoms with Crippen LogP contribution in [0.25, 0.3) is 22.1 Å². The lowest BCUT2D eigenvalue weighted by atomic mass is 9.97. The summed E-state index contributed by atoms with van der Waals surface area (Å²) >= 11 is 5.97. The molecule has 3 rings (SSSR count). The van der Waals surface area contributed by atoms with Gasteiger partial charge in [0.15, 0.2) is 17.7 Å². The SMILES string of the molecule is CC(=O)c1ccc(-c2c(C)c3cc(Cl)c(O)c(C=O)c3oc2=O)cc1. The topological polar surface area (TPSA) is 84.6 Å². The number of benzene rings is 2. The number of fused-ring (bicyclic) bond motifs is 1. The number of halogens is 1. The molecule has 0 aliphatic heterocycles. The molecule has 6 heteroatoms. The van der Waals surface area contributed by atoms with E-state index in [1.807, 2.05) is 0 Å². The summed E-state index contributed by atoms with van der Waals surface area (Å²) in [6.07, 6.45) is 0.396. The number of hydrogen-bond acceptors (Lipinski definition) is 5. The monoisotopic (exact) mass is 356 g/mol. The number of aromatic hydroxyl groups is 1. The molecular formula is C19H13ClO5. The number of aldehydes is 1. The maximum Gasteiger partial charge on any atom is 0.344 e. The summed E-state index contributed by atoms with van der Waals surface area (Å²) in [5, 5.41) is 10.3. The zero-order valence-corrected chi connectivity index (χ0v) is 14.2. The van der Waals surface area contributed by atoms with E-state index in [0.717, 1.165) is 0 Å². The van der Waals surface area contributed by atoms with Crippen molar-refractivity contribution in [3.63, 3.8) is 0 Å². The van der Waals surface area contributed by atoms with E-state index in [-0.39, 0.29) is 22.0 Å². The molecule has 0 unspecified atom stereocenters. The van der Waals surface area contributed by atoms with Crippen molar-refractivity contribution < 1.29 is 19.1 Å². The molecule has 25 heavy (non-hydrogen) atoms. The van der Waals surface area contributed by atoms with Crippen molar-refractivity contribution in [1.82, 2.24) is 0 Å². The van der Waals surface area contributed by atoms with E-state index in [1.54, 1.807) is 31.2 Å². The van der Waals surface area contributed by atoms with Crippen LogP contribution < -0.4 is 5.63 Å². The number of carbonyl (C=O) groups excluding carboxylic acids is 2. The van der Waals surface area contributed by atoms with Gasteiger partial charge in [-0.15, -0.1) is 0 Å². The summed E-state index contributed by atoms with van der Waals surface area (Å²) < 4.78 is 5.29. The fourth-order valence-electron chi connectivity index (χ4n) is 2.78. The Morgan fingerprint density at radius 2 is 1.88 bits per heavy atom. The number of phenolic OH excluding ortho intramolecular Hbond substituents is 1. The number of hydrogen-bond donors (Lipinski definition) is 1. The molecule has 0 aliphatic carbocycles. The highest BCUT2D eigenvalue weighted by atomic mass is 35.5. The predicted molar refractivity (Wildman–Crippen MR) is 94.7 cm³/mol. The van der Waals surface area contributed by atoms with Crippen molar-refractivity contribution >= 4 is 34.6 Å². The average molecular weight is 357 g/mol. The fraction of sp³-hybridized carbons (Fsp3) is 0.105. The third-order valence-corrected chi connectivity index (χ3v) is 4.41. The largest absolute Gasteiger partial charge is 0.505 e. The molecule has 1 N–H and O–H groups in total. The Balaban J connectivity index is 2.34. The van der Waals surface area contributed by atoms with Crippen LogP contribution >= 0.6 is 11.6 Å². The van der Waals surface area contributed by atoms with Crippen LogP contribution in [0.3, 0.4) is 0 Å². The molecule has 1 heterocycles. The molecule has 126 valence electrons. The van der Waals surface area contributed by atoms with Crippen LogP contribution in [0.1, 0.15) is 33.2 Å². The predicted octanol–water partition coefficient (Wildman–Crippen LogP) is 4.14. The summed E-state index contributed by atoms with van der Waals surface area (Å²) in [5.74, 6) is -0.503. The highest BCUT2D eigenvalue weighted by molar-refractivity contribution is 6.33. The molecule has 5 nitrogen and oxygen atoms in total. The van der Waals surface area contributed by atoms with Crippen molar-refractivity contribution in [3.8, 4) is 16.9 Å². The van der Waals surface area contributed by atoms with Crippen LogP contribution in [-0.2, 0) is 0 Å². The van der Waals surface area contributed by atoms with Crippen LogP contribution in [0, 0.1) is 6.92 Å². The minimum absolute atomic E-state index is 0.00979. The van der Waals surface area contributed by atoms with Gasteiger partial charge in [0.25, 0.3) is 0 Å². The summed E-state index contributed by atoms with van der Waals surface area (Å²) in [6, 6.07) is 8.02. The van der Waals surface area contributed by atoms with Crippen molar-refractivity contribution in [1.29, 1.82) is 0 Å². The molecule has 0 amide bonds. The van der Waals surface area contributed by atoms with Gasteiger partial charge in [0, 0.05) is 10.9 Å². The molecule has 0 aliphatic rings. The third kappa shape index (κ3) is 2.72. The molecule has 3 aromatic rings.